The molecule has 5 heteroatoms. The summed E-state index contributed by atoms with van der Waals surface area (Å²) in [6, 6.07) is 8.83. The first kappa shape index (κ1) is 15.3. The highest BCUT2D eigenvalue weighted by Gasteiger charge is 2.10. The van der Waals surface area contributed by atoms with Crippen molar-refractivity contribution < 1.29 is 14.7 Å². The van der Waals surface area contributed by atoms with Crippen LogP contribution in [0.25, 0.3) is 0 Å². The van der Waals surface area contributed by atoms with E-state index in [2.05, 4.69) is 10.7 Å². The van der Waals surface area contributed by atoms with Gasteiger partial charge in [-0.15, -0.1) is 0 Å². The molecule has 1 aromatic heterocycles. The van der Waals surface area contributed by atoms with E-state index in [1.807, 2.05) is 11.4 Å². The molecule has 110 valence electrons. The van der Waals surface area contributed by atoms with Crippen molar-refractivity contribution >= 4 is 23.2 Å². The molecule has 0 radical (unpaired) electrons. The maximum absolute atomic E-state index is 11.8. The Morgan fingerprint density at radius 2 is 1.95 bits per heavy atom. The SMILES string of the molecule is O=C(CCc1ccccc1C(=O)O)NCCc1ccsc1. The second kappa shape index (κ2) is 7.59. The highest BCUT2D eigenvalue weighted by Crippen LogP contribution is 2.11. The van der Waals surface area contributed by atoms with Crippen LogP contribution in [0.4, 0.5) is 0 Å². The van der Waals surface area contributed by atoms with E-state index in [1.54, 1.807) is 35.6 Å². The molecule has 0 spiro atoms. The van der Waals surface area contributed by atoms with Crippen LogP contribution in [0, 0.1) is 0 Å². The van der Waals surface area contributed by atoms with Crippen LogP contribution in [0.1, 0.15) is 27.9 Å². The molecule has 21 heavy (non-hydrogen) atoms. The lowest BCUT2D eigenvalue weighted by Crippen LogP contribution is -2.25. The molecule has 1 amide bonds. The van der Waals surface area contributed by atoms with Gasteiger partial charge in [0.05, 0.1) is 5.56 Å². The van der Waals surface area contributed by atoms with Crippen LogP contribution in [0.5, 0.6) is 0 Å². The Labute approximate surface area is 127 Å². The van der Waals surface area contributed by atoms with E-state index >= 15 is 0 Å². The number of nitrogens with one attached hydrogen (secondary N) is 1. The van der Waals surface area contributed by atoms with Crippen molar-refractivity contribution in [1.82, 2.24) is 5.32 Å². The van der Waals surface area contributed by atoms with E-state index in [1.165, 1.54) is 5.56 Å². The maximum atomic E-state index is 11.8. The molecule has 2 aromatic rings. The topological polar surface area (TPSA) is 66.4 Å². The van der Waals surface area contributed by atoms with Gasteiger partial charge in [-0.2, -0.15) is 11.3 Å². The van der Waals surface area contributed by atoms with E-state index in [9.17, 15) is 9.59 Å². The fraction of sp³-hybridized carbons (Fsp3) is 0.250. The number of carbonyl (C=O) groups excluding carboxylic acids is 1. The summed E-state index contributed by atoms with van der Waals surface area (Å²) in [5.41, 5.74) is 2.18. The summed E-state index contributed by atoms with van der Waals surface area (Å²) >= 11 is 1.64. The third-order valence-electron chi connectivity index (χ3n) is 3.19. The normalized spacial score (nSPS) is 10.3. The van der Waals surface area contributed by atoms with Gasteiger partial charge in [-0.25, -0.2) is 4.79 Å². The lowest BCUT2D eigenvalue weighted by atomic mass is 10.0. The van der Waals surface area contributed by atoms with Crippen LogP contribution in [0.3, 0.4) is 0 Å². The van der Waals surface area contributed by atoms with E-state index in [4.69, 9.17) is 5.11 Å². The summed E-state index contributed by atoms with van der Waals surface area (Å²) < 4.78 is 0. The first-order valence-electron chi connectivity index (χ1n) is 6.76. The Hall–Kier alpha value is -2.14. The van der Waals surface area contributed by atoms with Gasteiger partial charge in [0.15, 0.2) is 0 Å². The van der Waals surface area contributed by atoms with Crippen LogP contribution >= 0.6 is 11.3 Å². The van der Waals surface area contributed by atoms with Gasteiger partial charge in [-0.1, -0.05) is 18.2 Å². The molecule has 1 heterocycles. The first-order chi connectivity index (χ1) is 10.2. The molecule has 1 aromatic carbocycles. The molecule has 0 unspecified atom stereocenters. The number of hydrogen-bond donors (Lipinski definition) is 2. The zero-order chi connectivity index (χ0) is 15.1. The van der Waals surface area contributed by atoms with E-state index in [0.29, 0.717) is 24.9 Å². The minimum absolute atomic E-state index is 0.0505. The predicted molar refractivity (Wildman–Crippen MR) is 82.8 cm³/mol. The predicted octanol–water partition coefficient (Wildman–Crippen LogP) is 2.74. The average molecular weight is 303 g/mol. The van der Waals surface area contributed by atoms with Crippen LogP contribution in [0.2, 0.25) is 0 Å². The van der Waals surface area contributed by atoms with Crippen molar-refractivity contribution in [3.05, 3.63) is 57.8 Å². The zero-order valence-corrected chi connectivity index (χ0v) is 12.4. The summed E-state index contributed by atoms with van der Waals surface area (Å²) in [6.07, 6.45) is 1.56. The number of aromatic carboxylic acids is 1. The number of carbonyl (C=O) groups is 2. The van der Waals surface area contributed by atoms with E-state index < -0.39 is 5.97 Å². The van der Waals surface area contributed by atoms with Crippen LogP contribution in [-0.4, -0.2) is 23.5 Å². The Kier molecular flexibility index (Phi) is 5.51. The third kappa shape index (κ3) is 4.72. The Morgan fingerprint density at radius 1 is 1.14 bits per heavy atom. The molecule has 2 rings (SSSR count). The highest BCUT2D eigenvalue weighted by molar-refractivity contribution is 7.07. The number of rotatable bonds is 7. The van der Waals surface area contributed by atoms with Crippen molar-refractivity contribution in [3.63, 3.8) is 0 Å². The standard InChI is InChI=1S/C16H17NO3S/c18-15(17-9-7-12-8-10-21-11-12)6-5-13-3-1-2-4-14(13)16(19)20/h1-4,8,10-11H,5-7,9H2,(H,17,18)(H,19,20). The number of benzene rings is 1. The van der Waals surface area contributed by atoms with Gasteiger partial charge in [-0.3, -0.25) is 4.79 Å². The molecule has 0 atom stereocenters. The summed E-state index contributed by atoms with van der Waals surface area (Å²) in [6.45, 7) is 0.607. The first-order valence-corrected chi connectivity index (χ1v) is 7.70. The van der Waals surface area contributed by atoms with Gasteiger partial charge in [0, 0.05) is 13.0 Å². The molecular formula is C16H17NO3S. The fourth-order valence-electron chi connectivity index (χ4n) is 2.06. The third-order valence-corrected chi connectivity index (χ3v) is 3.92. The second-order valence-corrected chi connectivity index (χ2v) is 5.47. The zero-order valence-electron chi connectivity index (χ0n) is 11.5. The van der Waals surface area contributed by atoms with Crippen molar-refractivity contribution in [2.24, 2.45) is 0 Å². The highest BCUT2D eigenvalue weighted by atomic mass is 32.1. The van der Waals surface area contributed by atoms with Gasteiger partial charge in [0.2, 0.25) is 5.91 Å². The van der Waals surface area contributed by atoms with E-state index in [-0.39, 0.29) is 11.5 Å². The molecule has 2 N–H and O–H groups in total. The molecule has 0 aliphatic heterocycles. The number of carboxylic acid groups (broad SMARTS) is 1. The van der Waals surface area contributed by atoms with Gasteiger partial charge in [0.1, 0.15) is 0 Å². The quantitative estimate of drug-likeness (QED) is 0.826. The number of thiophene rings is 1. The maximum Gasteiger partial charge on any atom is 0.335 e. The number of amides is 1. The van der Waals surface area contributed by atoms with Crippen molar-refractivity contribution in [2.45, 2.75) is 19.3 Å². The van der Waals surface area contributed by atoms with Crippen molar-refractivity contribution in [2.75, 3.05) is 6.54 Å². The van der Waals surface area contributed by atoms with Crippen LogP contribution in [0.15, 0.2) is 41.1 Å². The van der Waals surface area contributed by atoms with Crippen LogP contribution < -0.4 is 5.32 Å². The minimum atomic E-state index is -0.955. The monoisotopic (exact) mass is 303 g/mol. The lowest BCUT2D eigenvalue weighted by Gasteiger charge is -2.07. The molecular weight excluding hydrogens is 286 g/mol. The summed E-state index contributed by atoms with van der Waals surface area (Å²) in [5.74, 6) is -1.01. The fourth-order valence-corrected chi connectivity index (χ4v) is 2.77. The molecule has 0 aliphatic rings. The van der Waals surface area contributed by atoms with Crippen molar-refractivity contribution in [1.29, 1.82) is 0 Å². The van der Waals surface area contributed by atoms with Gasteiger partial charge < -0.3 is 10.4 Å². The number of aryl methyl sites for hydroxylation is 1. The minimum Gasteiger partial charge on any atom is -0.478 e. The molecule has 4 nitrogen and oxygen atoms in total. The summed E-state index contributed by atoms with van der Waals surface area (Å²) in [5, 5.41) is 16.0. The molecule has 0 saturated heterocycles. The summed E-state index contributed by atoms with van der Waals surface area (Å²) in [7, 11) is 0. The molecule has 0 saturated carbocycles. The average Bonchev–Trinajstić information content (AvgIpc) is 2.98. The molecule has 0 aliphatic carbocycles. The molecule has 0 fully saturated rings. The number of carboxylic acids is 1. The molecule has 0 bridgehead atoms. The van der Waals surface area contributed by atoms with E-state index in [0.717, 1.165) is 6.42 Å². The summed E-state index contributed by atoms with van der Waals surface area (Å²) in [4.78, 5) is 22.8. The number of hydrogen-bond acceptors (Lipinski definition) is 3. The van der Waals surface area contributed by atoms with Gasteiger partial charge in [-0.05, 0) is 46.9 Å². The van der Waals surface area contributed by atoms with Gasteiger partial charge >= 0.3 is 5.97 Å². The smallest absolute Gasteiger partial charge is 0.335 e. The lowest BCUT2D eigenvalue weighted by molar-refractivity contribution is -0.121. The largest absolute Gasteiger partial charge is 0.478 e. The Morgan fingerprint density at radius 3 is 2.67 bits per heavy atom. The second-order valence-electron chi connectivity index (χ2n) is 4.69. The van der Waals surface area contributed by atoms with Crippen molar-refractivity contribution in [3.8, 4) is 0 Å². The Balaban J connectivity index is 1.77. The van der Waals surface area contributed by atoms with Gasteiger partial charge in [0.25, 0.3) is 0 Å². The Bertz CT molecular complexity index is 608. The van der Waals surface area contributed by atoms with Crippen LogP contribution in [-0.2, 0) is 17.6 Å².